The third-order valence-corrected chi connectivity index (χ3v) is 6.29. The number of tetrazole rings is 1. The standard InChI is InChI=1S/C24H25N7.2C2HF3O2/c1-3-21(22-5-7-23(8-6-22)24-26-28-29-27-24)4-2-19(1)17-30-13-15-31(16-14-30)18-20-9-11-25-12-10-20;2*3-2(4,5)1(6)7/h1-12H,13-18H2,(H,26,27,28,29);2*(H,6,7). The van der Waals surface area contributed by atoms with Crippen molar-refractivity contribution in [1.82, 2.24) is 35.4 Å². The average Bonchev–Trinajstić information content (AvgIpc) is 3.54. The summed E-state index contributed by atoms with van der Waals surface area (Å²) >= 11 is 0. The molecule has 1 saturated heterocycles. The van der Waals surface area contributed by atoms with Gasteiger partial charge in [-0.05, 0) is 39.6 Å². The number of H-pyrrole nitrogens is 1. The van der Waals surface area contributed by atoms with Crippen molar-refractivity contribution in [2.45, 2.75) is 25.4 Å². The minimum absolute atomic E-state index is 0.614. The third-order valence-electron chi connectivity index (χ3n) is 6.29. The summed E-state index contributed by atoms with van der Waals surface area (Å²) in [6.45, 7) is 6.42. The number of carbonyl (C=O) groups is 2. The molecule has 240 valence electrons. The van der Waals surface area contributed by atoms with Crippen LogP contribution in [0.25, 0.3) is 22.5 Å². The number of pyridine rings is 1. The molecular weight excluding hydrogens is 612 g/mol. The largest absolute Gasteiger partial charge is 0.490 e. The molecule has 3 heterocycles. The van der Waals surface area contributed by atoms with E-state index in [0.717, 1.165) is 44.8 Å². The number of aromatic nitrogens is 5. The molecule has 2 aromatic carbocycles. The van der Waals surface area contributed by atoms with Crippen molar-refractivity contribution in [3.05, 3.63) is 84.2 Å². The molecule has 17 heteroatoms. The molecule has 1 fully saturated rings. The zero-order valence-electron chi connectivity index (χ0n) is 23.3. The second kappa shape index (κ2) is 15.7. The summed E-state index contributed by atoms with van der Waals surface area (Å²) in [7, 11) is 0. The minimum atomic E-state index is -5.08. The Balaban J connectivity index is 0.000000331. The number of nitrogens with one attached hydrogen (secondary N) is 1. The summed E-state index contributed by atoms with van der Waals surface area (Å²) in [5.74, 6) is -4.90. The predicted octanol–water partition coefficient (Wildman–Crippen LogP) is 4.51. The molecule has 2 aromatic heterocycles. The first kappa shape index (κ1) is 34.6. The molecule has 0 radical (unpaired) electrons. The summed E-state index contributed by atoms with van der Waals surface area (Å²) < 4.78 is 63.5. The molecule has 4 aromatic rings. The molecule has 0 spiro atoms. The number of aliphatic carboxylic acids is 2. The van der Waals surface area contributed by atoms with E-state index in [4.69, 9.17) is 19.8 Å². The Bertz CT molecular complexity index is 1450. The summed E-state index contributed by atoms with van der Waals surface area (Å²) in [6, 6.07) is 21.4. The molecule has 0 unspecified atom stereocenters. The number of halogens is 6. The van der Waals surface area contributed by atoms with E-state index in [1.54, 1.807) is 0 Å². The maximum Gasteiger partial charge on any atom is 0.490 e. The summed E-state index contributed by atoms with van der Waals surface area (Å²) in [5, 5.41) is 28.4. The highest BCUT2D eigenvalue weighted by molar-refractivity contribution is 5.73. The first-order valence-corrected chi connectivity index (χ1v) is 13.1. The monoisotopic (exact) mass is 639 g/mol. The predicted molar refractivity (Wildman–Crippen MR) is 147 cm³/mol. The Labute approximate surface area is 252 Å². The van der Waals surface area contributed by atoms with Gasteiger partial charge in [0.25, 0.3) is 0 Å². The zero-order valence-corrected chi connectivity index (χ0v) is 23.3. The fourth-order valence-electron chi connectivity index (χ4n) is 4.01. The van der Waals surface area contributed by atoms with Crippen LogP contribution in [0.5, 0.6) is 0 Å². The summed E-state index contributed by atoms with van der Waals surface area (Å²) in [5.41, 5.74) is 6.05. The fourth-order valence-corrected chi connectivity index (χ4v) is 4.01. The van der Waals surface area contributed by atoms with Crippen LogP contribution in [0.15, 0.2) is 73.1 Å². The van der Waals surface area contributed by atoms with E-state index >= 15 is 0 Å². The minimum Gasteiger partial charge on any atom is -0.475 e. The van der Waals surface area contributed by atoms with Gasteiger partial charge >= 0.3 is 24.3 Å². The number of nitrogens with zero attached hydrogens (tertiary/aromatic N) is 6. The number of piperazine rings is 1. The third kappa shape index (κ3) is 11.6. The quantitative estimate of drug-likeness (QED) is 0.257. The van der Waals surface area contributed by atoms with E-state index in [-0.39, 0.29) is 0 Å². The second-order valence-corrected chi connectivity index (χ2v) is 9.52. The van der Waals surface area contributed by atoms with E-state index < -0.39 is 24.3 Å². The Hall–Kier alpha value is -4.90. The van der Waals surface area contributed by atoms with Gasteiger partial charge in [-0.1, -0.05) is 48.5 Å². The van der Waals surface area contributed by atoms with Gasteiger partial charge in [0.2, 0.25) is 5.82 Å². The van der Waals surface area contributed by atoms with Crippen LogP contribution in [-0.2, 0) is 22.7 Å². The Morgan fingerprint density at radius 1 is 0.667 bits per heavy atom. The number of benzene rings is 2. The molecule has 0 atom stereocenters. The van der Waals surface area contributed by atoms with Crippen molar-refractivity contribution in [2.24, 2.45) is 0 Å². The van der Waals surface area contributed by atoms with Crippen molar-refractivity contribution >= 4 is 11.9 Å². The van der Waals surface area contributed by atoms with Crippen LogP contribution >= 0.6 is 0 Å². The Morgan fingerprint density at radius 3 is 1.42 bits per heavy atom. The van der Waals surface area contributed by atoms with Crippen molar-refractivity contribution in [3.63, 3.8) is 0 Å². The molecular formula is C28H27F6N7O4. The van der Waals surface area contributed by atoms with Gasteiger partial charge in [0.15, 0.2) is 0 Å². The molecule has 0 amide bonds. The van der Waals surface area contributed by atoms with Gasteiger partial charge in [-0.25, -0.2) is 9.59 Å². The number of carboxylic acids is 2. The van der Waals surface area contributed by atoms with Crippen molar-refractivity contribution in [3.8, 4) is 22.5 Å². The number of carboxylic acid groups (broad SMARTS) is 2. The fraction of sp³-hybridized carbons (Fsp3) is 0.286. The highest BCUT2D eigenvalue weighted by Crippen LogP contribution is 2.24. The molecule has 45 heavy (non-hydrogen) atoms. The maximum atomic E-state index is 10.6. The Morgan fingerprint density at radius 2 is 1.04 bits per heavy atom. The molecule has 0 saturated carbocycles. The van der Waals surface area contributed by atoms with Crippen LogP contribution in [0.1, 0.15) is 11.1 Å². The SMILES string of the molecule is O=C(O)C(F)(F)F.O=C(O)C(F)(F)F.c1cc(CN2CCN(Cc3ccc(-c4ccc(-c5nn[nH]n5)cc4)cc3)CC2)ccn1. The smallest absolute Gasteiger partial charge is 0.475 e. The first-order valence-electron chi connectivity index (χ1n) is 13.1. The van der Waals surface area contributed by atoms with Crippen LogP contribution in [0.3, 0.4) is 0 Å². The van der Waals surface area contributed by atoms with Crippen LogP contribution in [-0.4, -0.2) is 96.1 Å². The van der Waals surface area contributed by atoms with Gasteiger partial charge in [-0.15, -0.1) is 10.2 Å². The molecule has 3 N–H and O–H groups in total. The lowest BCUT2D eigenvalue weighted by molar-refractivity contribution is -0.193. The summed E-state index contributed by atoms with van der Waals surface area (Å²) in [4.78, 5) is 27.0. The number of hydrogen-bond acceptors (Lipinski definition) is 8. The van der Waals surface area contributed by atoms with Crippen molar-refractivity contribution < 1.29 is 46.1 Å². The second-order valence-electron chi connectivity index (χ2n) is 9.52. The maximum absolute atomic E-state index is 10.6. The molecule has 0 bridgehead atoms. The van der Waals surface area contributed by atoms with Crippen molar-refractivity contribution in [2.75, 3.05) is 26.2 Å². The highest BCUT2D eigenvalue weighted by Gasteiger charge is 2.38. The molecule has 11 nitrogen and oxygen atoms in total. The number of rotatable bonds is 6. The van der Waals surface area contributed by atoms with Gasteiger partial charge in [0, 0.05) is 57.2 Å². The van der Waals surface area contributed by atoms with Crippen LogP contribution in [0, 0.1) is 0 Å². The van der Waals surface area contributed by atoms with Gasteiger partial charge < -0.3 is 10.2 Å². The van der Waals surface area contributed by atoms with Gasteiger partial charge in [0.05, 0.1) is 0 Å². The summed E-state index contributed by atoms with van der Waals surface area (Å²) in [6.07, 6.45) is -6.42. The van der Waals surface area contributed by atoms with E-state index in [0.29, 0.717) is 5.82 Å². The number of hydrogen-bond donors (Lipinski definition) is 3. The number of aromatic amines is 1. The van der Waals surface area contributed by atoms with E-state index in [1.807, 2.05) is 24.5 Å². The average molecular weight is 640 g/mol. The lowest BCUT2D eigenvalue weighted by Crippen LogP contribution is -2.45. The lowest BCUT2D eigenvalue weighted by Gasteiger charge is -2.34. The highest BCUT2D eigenvalue weighted by atomic mass is 19.4. The number of alkyl halides is 6. The van der Waals surface area contributed by atoms with Crippen LogP contribution < -0.4 is 0 Å². The van der Waals surface area contributed by atoms with Crippen LogP contribution in [0.2, 0.25) is 0 Å². The van der Waals surface area contributed by atoms with Crippen LogP contribution in [0.4, 0.5) is 26.3 Å². The first-order chi connectivity index (χ1) is 21.2. The topological polar surface area (TPSA) is 148 Å². The van der Waals surface area contributed by atoms with Gasteiger partial charge in [-0.2, -0.15) is 31.6 Å². The Kier molecular flexibility index (Phi) is 12.1. The van der Waals surface area contributed by atoms with E-state index in [2.05, 4.69) is 83.9 Å². The van der Waals surface area contributed by atoms with Gasteiger partial charge in [-0.3, -0.25) is 14.8 Å². The normalized spacial score (nSPS) is 14.0. The van der Waals surface area contributed by atoms with E-state index in [1.165, 1.54) is 22.3 Å². The van der Waals surface area contributed by atoms with Gasteiger partial charge in [0.1, 0.15) is 0 Å². The molecule has 5 rings (SSSR count). The molecule has 1 aliphatic heterocycles. The zero-order chi connectivity index (χ0) is 33.0. The molecule has 0 aliphatic carbocycles. The van der Waals surface area contributed by atoms with Crippen molar-refractivity contribution in [1.29, 1.82) is 0 Å². The van der Waals surface area contributed by atoms with E-state index in [9.17, 15) is 26.3 Å². The molecule has 1 aliphatic rings. The lowest BCUT2D eigenvalue weighted by atomic mass is 10.0.